The lowest BCUT2D eigenvalue weighted by Gasteiger charge is -2.09. The number of nitrogens with two attached hydrogens (primary N) is 1. The summed E-state index contributed by atoms with van der Waals surface area (Å²) in [6.45, 7) is 7.00. The molecule has 0 unspecified atom stereocenters. The van der Waals surface area contributed by atoms with E-state index in [9.17, 15) is 4.79 Å². The maximum absolute atomic E-state index is 10.8. The fourth-order valence-corrected chi connectivity index (χ4v) is 1.07. The van der Waals surface area contributed by atoms with Gasteiger partial charge in [-0.3, -0.25) is 4.79 Å². The Morgan fingerprint density at radius 2 is 2.14 bits per heavy atom. The average molecular weight is 195 g/mol. The first-order valence-electron chi connectivity index (χ1n) is 4.49. The van der Waals surface area contributed by atoms with Gasteiger partial charge < -0.3 is 10.8 Å². The maximum Gasteiger partial charge on any atom is 0.222 e. The molecule has 78 valence electrons. The summed E-state index contributed by atoms with van der Waals surface area (Å²) >= 11 is 0. The monoisotopic (exact) mass is 195 g/mol. The predicted octanol–water partition coefficient (Wildman–Crippen LogP) is 1.16. The Balaban J connectivity index is 4.13. The molecule has 0 aliphatic carbocycles. The number of primary amides is 1. The Kier molecular flexibility index (Phi) is 6.41. The zero-order valence-corrected chi connectivity index (χ0v) is 8.28. The number of allylic oxidation sites excluding steroid dienone is 4. The highest BCUT2D eigenvalue weighted by atomic mass is 16.3. The van der Waals surface area contributed by atoms with Gasteiger partial charge in [0.1, 0.15) is 0 Å². The molecule has 0 aliphatic rings. The second-order valence-corrected chi connectivity index (χ2v) is 3.00. The van der Waals surface area contributed by atoms with E-state index in [2.05, 4.69) is 13.2 Å². The Bertz CT molecular complexity index is 244. The molecule has 3 nitrogen and oxygen atoms in total. The van der Waals surface area contributed by atoms with Gasteiger partial charge in [0.25, 0.3) is 0 Å². The zero-order chi connectivity index (χ0) is 11.0. The van der Waals surface area contributed by atoms with Crippen molar-refractivity contribution in [3.63, 3.8) is 0 Å². The summed E-state index contributed by atoms with van der Waals surface area (Å²) in [5.74, 6) is -0.933. The van der Waals surface area contributed by atoms with Crippen LogP contribution in [-0.4, -0.2) is 17.6 Å². The van der Waals surface area contributed by atoms with Gasteiger partial charge in [-0.15, -0.1) is 0 Å². The van der Waals surface area contributed by atoms with Crippen molar-refractivity contribution < 1.29 is 9.90 Å². The van der Waals surface area contributed by atoms with Crippen molar-refractivity contribution in [2.24, 2.45) is 11.7 Å². The number of amides is 1. The summed E-state index contributed by atoms with van der Waals surface area (Å²) in [5.41, 5.74) is 6.07. The highest BCUT2D eigenvalue weighted by Gasteiger charge is 2.13. The first kappa shape index (κ1) is 12.7. The minimum Gasteiger partial charge on any atom is -0.396 e. The van der Waals surface area contributed by atoms with E-state index in [0.717, 1.165) is 5.57 Å². The molecule has 14 heavy (non-hydrogen) atoms. The van der Waals surface area contributed by atoms with E-state index >= 15 is 0 Å². The molecule has 3 N–H and O–H groups in total. The van der Waals surface area contributed by atoms with E-state index in [4.69, 9.17) is 10.8 Å². The van der Waals surface area contributed by atoms with E-state index < -0.39 is 11.8 Å². The van der Waals surface area contributed by atoms with E-state index in [-0.39, 0.29) is 6.61 Å². The van der Waals surface area contributed by atoms with E-state index in [1.807, 2.05) is 6.08 Å². The van der Waals surface area contributed by atoms with Crippen LogP contribution in [0.5, 0.6) is 0 Å². The summed E-state index contributed by atoms with van der Waals surface area (Å²) in [6, 6.07) is 0. The van der Waals surface area contributed by atoms with Crippen LogP contribution < -0.4 is 5.73 Å². The molecule has 0 aromatic rings. The second kappa shape index (κ2) is 7.09. The van der Waals surface area contributed by atoms with Crippen LogP contribution in [0.1, 0.15) is 12.8 Å². The number of carbonyl (C=O) groups excluding carboxylic acids is 1. The van der Waals surface area contributed by atoms with Crippen LogP contribution >= 0.6 is 0 Å². The molecule has 0 spiro atoms. The van der Waals surface area contributed by atoms with Crippen molar-refractivity contribution in [2.75, 3.05) is 6.61 Å². The van der Waals surface area contributed by atoms with Gasteiger partial charge in [0.2, 0.25) is 5.91 Å². The van der Waals surface area contributed by atoms with Gasteiger partial charge in [-0.1, -0.05) is 31.4 Å². The molecule has 0 saturated heterocycles. The summed E-state index contributed by atoms with van der Waals surface area (Å²) in [4.78, 5) is 10.8. The minimum absolute atomic E-state index is 0.201. The summed E-state index contributed by atoms with van der Waals surface area (Å²) in [7, 11) is 0. The Morgan fingerprint density at radius 1 is 1.50 bits per heavy atom. The lowest BCUT2D eigenvalue weighted by atomic mass is 9.99. The van der Waals surface area contributed by atoms with Crippen molar-refractivity contribution in [3.05, 3.63) is 37.0 Å². The molecular formula is C11H17NO2. The maximum atomic E-state index is 10.8. The molecule has 0 bridgehead atoms. The largest absolute Gasteiger partial charge is 0.396 e. The minimum atomic E-state index is -0.469. The van der Waals surface area contributed by atoms with Gasteiger partial charge >= 0.3 is 0 Å². The molecule has 0 fully saturated rings. The molecule has 0 rings (SSSR count). The highest BCUT2D eigenvalue weighted by molar-refractivity contribution is 5.76. The van der Waals surface area contributed by atoms with Crippen molar-refractivity contribution >= 4 is 5.91 Å². The van der Waals surface area contributed by atoms with Crippen LogP contribution in [0, 0.1) is 5.92 Å². The Labute approximate surface area is 84.6 Å². The van der Waals surface area contributed by atoms with E-state index in [1.165, 1.54) is 0 Å². The topological polar surface area (TPSA) is 63.3 Å². The number of carbonyl (C=O) groups is 1. The normalized spacial score (nSPS) is 13.4. The fourth-order valence-electron chi connectivity index (χ4n) is 1.07. The standard InChI is InChI=1S/C11H17NO2/c1-3-5-9(4-2)6-7-10(8-13)11(12)14/h3-5,10,13H,1-2,6-8H2,(H2,12,14)/b9-5+/t10-/m1/s1. The van der Waals surface area contributed by atoms with Crippen molar-refractivity contribution in [2.45, 2.75) is 12.8 Å². The zero-order valence-electron chi connectivity index (χ0n) is 8.28. The third-order valence-corrected chi connectivity index (χ3v) is 2.00. The Hall–Kier alpha value is -1.35. The van der Waals surface area contributed by atoms with Gasteiger partial charge in [0.05, 0.1) is 12.5 Å². The van der Waals surface area contributed by atoms with Crippen molar-refractivity contribution in [3.8, 4) is 0 Å². The number of hydrogen-bond donors (Lipinski definition) is 2. The molecule has 3 heteroatoms. The Morgan fingerprint density at radius 3 is 2.50 bits per heavy atom. The number of aliphatic hydroxyl groups is 1. The van der Waals surface area contributed by atoms with Crippen LogP contribution in [-0.2, 0) is 4.79 Å². The highest BCUT2D eigenvalue weighted by Crippen LogP contribution is 2.12. The first-order chi connectivity index (χ1) is 6.65. The van der Waals surface area contributed by atoms with Gasteiger partial charge in [0.15, 0.2) is 0 Å². The number of hydrogen-bond acceptors (Lipinski definition) is 2. The first-order valence-corrected chi connectivity index (χ1v) is 4.49. The van der Waals surface area contributed by atoms with Crippen LogP contribution in [0.25, 0.3) is 0 Å². The van der Waals surface area contributed by atoms with Gasteiger partial charge in [-0.2, -0.15) is 0 Å². The van der Waals surface area contributed by atoms with Gasteiger partial charge in [0, 0.05) is 0 Å². The second-order valence-electron chi connectivity index (χ2n) is 3.00. The van der Waals surface area contributed by atoms with Crippen LogP contribution in [0.15, 0.2) is 37.0 Å². The fraction of sp³-hybridized carbons (Fsp3) is 0.364. The quantitative estimate of drug-likeness (QED) is 0.599. The molecular weight excluding hydrogens is 178 g/mol. The molecule has 1 amide bonds. The van der Waals surface area contributed by atoms with Gasteiger partial charge in [-0.05, 0) is 18.4 Å². The predicted molar refractivity (Wildman–Crippen MR) is 57.5 cm³/mol. The van der Waals surface area contributed by atoms with E-state index in [0.29, 0.717) is 12.8 Å². The smallest absolute Gasteiger partial charge is 0.222 e. The van der Waals surface area contributed by atoms with E-state index in [1.54, 1.807) is 12.2 Å². The van der Waals surface area contributed by atoms with Crippen LogP contribution in [0.3, 0.4) is 0 Å². The van der Waals surface area contributed by atoms with Gasteiger partial charge in [-0.25, -0.2) is 0 Å². The molecule has 0 radical (unpaired) electrons. The van der Waals surface area contributed by atoms with Crippen LogP contribution in [0.2, 0.25) is 0 Å². The van der Waals surface area contributed by atoms with Crippen molar-refractivity contribution in [1.29, 1.82) is 0 Å². The SMILES string of the molecule is C=C/C=C(\C=C)CC[C@H](CO)C(N)=O. The summed E-state index contributed by atoms with van der Waals surface area (Å²) in [6.07, 6.45) is 6.40. The number of aliphatic hydroxyl groups excluding tert-OH is 1. The summed E-state index contributed by atoms with van der Waals surface area (Å²) in [5, 5.41) is 8.85. The molecule has 0 saturated carbocycles. The third-order valence-electron chi connectivity index (χ3n) is 2.00. The lowest BCUT2D eigenvalue weighted by Crippen LogP contribution is -2.26. The lowest BCUT2D eigenvalue weighted by molar-refractivity contribution is -0.123. The van der Waals surface area contributed by atoms with Crippen LogP contribution in [0.4, 0.5) is 0 Å². The summed E-state index contributed by atoms with van der Waals surface area (Å²) < 4.78 is 0. The molecule has 0 aliphatic heterocycles. The van der Waals surface area contributed by atoms with Crippen molar-refractivity contribution in [1.82, 2.24) is 0 Å². The third kappa shape index (κ3) is 4.62. The molecule has 0 aromatic heterocycles. The average Bonchev–Trinajstić information content (AvgIpc) is 2.16. The molecule has 1 atom stereocenters. The molecule has 0 heterocycles. The molecule has 0 aromatic carbocycles. The number of rotatable bonds is 7.